The van der Waals surface area contributed by atoms with E-state index in [1.807, 2.05) is 18.9 Å². The van der Waals surface area contributed by atoms with Gasteiger partial charge in [-0.25, -0.2) is 9.97 Å². The zero-order chi connectivity index (χ0) is 12.4. The Morgan fingerprint density at radius 3 is 2.82 bits per heavy atom. The van der Waals surface area contributed by atoms with Crippen LogP contribution in [-0.4, -0.2) is 41.6 Å². The Kier molecular flexibility index (Phi) is 3.23. The Labute approximate surface area is 100 Å². The number of nitrogen functional groups attached to an aromatic ring is 1. The molecule has 1 saturated heterocycles. The van der Waals surface area contributed by atoms with Crippen LogP contribution >= 0.6 is 0 Å². The molecule has 1 aliphatic heterocycles. The fourth-order valence-electron chi connectivity index (χ4n) is 2.16. The lowest BCUT2D eigenvalue weighted by atomic mass is 10.1. The Morgan fingerprint density at radius 1 is 1.53 bits per heavy atom. The van der Waals surface area contributed by atoms with E-state index in [4.69, 9.17) is 15.9 Å². The Hall–Kier alpha value is -1.69. The van der Waals surface area contributed by atoms with E-state index in [1.54, 1.807) is 12.4 Å². The minimum atomic E-state index is -0.0634. The molecule has 92 valence electrons. The van der Waals surface area contributed by atoms with Gasteiger partial charge in [-0.05, 0) is 13.3 Å². The molecule has 2 atom stereocenters. The summed E-state index contributed by atoms with van der Waals surface area (Å²) in [5.74, 6) is 0.578. The molecule has 2 unspecified atom stereocenters. The number of amidine groups is 1. The summed E-state index contributed by atoms with van der Waals surface area (Å²) in [5.41, 5.74) is 5.93. The summed E-state index contributed by atoms with van der Waals surface area (Å²) in [6.45, 7) is 2.80. The van der Waals surface area contributed by atoms with Gasteiger partial charge in [-0.1, -0.05) is 0 Å². The molecule has 1 aliphatic rings. The van der Waals surface area contributed by atoms with Crippen LogP contribution in [0.25, 0.3) is 0 Å². The summed E-state index contributed by atoms with van der Waals surface area (Å²) in [4.78, 5) is 10.4. The first-order valence-corrected chi connectivity index (χ1v) is 5.61. The molecule has 1 aromatic rings. The molecule has 0 aliphatic carbocycles. The van der Waals surface area contributed by atoms with Crippen molar-refractivity contribution in [1.29, 1.82) is 5.41 Å². The number of aromatic nitrogens is 2. The molecule has 6 nitrogen and oxygen atoms in total. The van der Waals surface area contributed by atoms with Crippen LogP contribution in [-0.2, 0) is 4.74 Å². The van der Waals surface area contributed by atoms with E-state index in [-0.39, 0.29) is 18.0 Å². The first-order valence-electron chi connectivity index (χ1n) is 5.61. The number of nitrogens with zero attached hydrogens (tertiary/aromatic N) is 3. The van der Waals surface area contributed by atoms with E-state index < -0.39 is 0 Å². The number of ether oxygens (including phenoxy) is 1. The number of nitrogens with one attached hydrogen (secondary N) is 1. The molecular formula is C11H17N5O. The molecule has 0 saturated carbocycles. The highest BCUT2D eigenvalue weighted by Gasteiger charge is 2.30. The third kappa shape index (κ3) is 2.21. The number of rotatable bonds is 3. The van der Waals surface area contributed by atoms with E-state index in [0.29, 0.717) is 11.5 Å². The van der Waals surface area contributed by atoms with Crippen LogP contribution in [0, 0.1) is 5.41 Å². The normalized spacial score (nSPS) is 23.6. The molecule has 0 spiro atoms. The molecule has 3 N–H and O–H groups in total. The minimum absolute atomic E-state index is 0.0634. The van der Waals surface area contributed by atoms with Gasteiger partial charge in [-0.2, -0.15) is 0 Å². The van der Waals surface area contributed by atoms with E-state index in [2.05, 4.69) is 9.97 Å². The predicted molar refractivity (Wildman–Crippen MR) is 65.3 cm³/mol. The minimum Gasteiger partial charge on any atom is -0.382 e. The SMILES string of the molecule is CC1OCCC1N(C)c1nccnc1C(=N)N. The fourth-order valence-corrected chi connectivity index (χ4v) is 2.16. The summed E-state index contributed by atoms with van der Waals surface area (Å²) >= 11 is 0. The Morgan fingerprint density at radius 2 is 2.24 bits per heavy atom. The van der Waals surface area contributed by atoms with E-state index in [0.717, 1.165) is 13.0 Å². The second kappa shape index (κ2) is 4.67. The fraction of sp³-hybridized carbons (Fsp3) is 0.545. The van der Waals surface area contributed by atoms with Crippen molar-refractivity contribution in [2.24, 2.45) is 5.73 Å². The Balaban J connectivity index is 2.30. The number of hydrogen-bond acceptors (Lipinski definition) is 5. The highest BCUT2D eigenvalue weighted by molar-refractivity contribution is 5.97. The van der Waals surface area contributed by atoms with Crippen LogP contribution in [0.5, 0.6) is 0 Å². The van der Waals surface area contributed by atoms with Gasteiger partial charge >= 0.3 is 0 Å². The molecule has 6 heteroatoms. The number of hydrogen-bond donors (Lipinski definition) is 2. The van der Waals surface area contributed by atoms with Crippen molar-refractivity contribution >= 4 is 11.7 Å². The van der Waals surface area contributed by atoms with E-state index >= 15 is 0 Å². The van der Waals surface area contributed by atoms with Crippen molar-refractivity contribution in [1.82, 2.24) is 9.97 Å². The van der Waals surface area contributed by atoms with Crippen LogP contribution in [0.1, 0.15) is 19.0 Å². The smallest absolute Gasteiger partial charge is 0.158 e. The zero-order valence-electron chi connectivity index (χ0n) is 10.1. The molecule has 1 aromatic heterocycles. The highest BCUT2D eigenvalue weighted by Crippen LogP contribution is 2.24. The zero-order valence-corrected chi connectivity index (χ0v) is 10.1. The topological polar surface area (TPSA) is 88.1 Å². The van der Waals surface area contributed by atoms with Gasteiger partial charge in [0.15, 0.2) is 5.82 Å². The average Bonchev–Trinajstić information content (AvgIpc) is 2.74. The lowest BCUT2D eigenvalue weighted by Gasteiger charge is -2.28. The second-order valence-electron chi connectivity index (χ2n) is 4.19. The van der Waals surface area contributed by atoms with Crippen molar-refractivity contribution in [2.75, 3.05) is 18.6 Å². The Bertz CT molecular complexity index is 422. The summed E-state index contributed by atoms with van der Waals surface area (Å²) in [5, 5.41) is 7.51. The van der Waals surface area contributed by atoms with Gasteiger partial charge in [0, 0.05) is 26.0 Å². The predicted octanol–water partition coefficient (Wildman–Crippen LogP) is 0.374. The first-order chi connectivity index (χ1) is 8.11. The maximum absolute atomic E-state index is 7.51. The molecule has 0 radical (unpaired) electrons. The van der Waals surface area contributed by atoms with Crippen molar-refractivity contribution in [3.63, 3.8) is 0 Å². The lowest BCUT2D eigenvalue weighted by Crippen LogP contribution is -2.38. The standard InChI is InChI=1S/C11H17N5O/c1-7-8(3-6-17-7)16(2)11-9(10(12)13)14-4-5-15-11/h4-5,7-8H,3,6H2,1-2H3,(H3,12,13). The summed E-state index contributed by atoms with van der Waals surface area (Å²) in [7, 11) is 1.94. The second-order valence-corrected chi connectivity index (χ2v) is 4.19. The van der Waals surface area contributed by atoms with Gasteiger partial charge in [-0.3, -0.25) is 5.41 Å². The molecule has 0 aromatic carbocycles. The third-order valence-corrected chi connectivity index (χ3v) is 3.10. The van der Waals surface area contributed by atoms with Gasteiger partial charge in [-0.15, -0.1) is 0 Å². The maximum atomic E-state index is 7.51. The van der Waals surface area contributed by atoms with E-state index in [1.165, 1.54) is 0 Å². The van der Waals surface area contributed by atoms with Gasteiger partial charge in [0.2, 0.25) is 0 Å². The largest absolute Gasteiger partial charge is 0.382 e. The van der Waals surface area contributed by atoms with Crippen molar-refractivity contribution < 1.29 is 4.74 Å². The van der Waals surface area contributed by atoms with Crippen LogP contribution < -0.4 is 10.6 Å². The maximum Gasteiger partial charge on any atom is 0.158 e. The van der Waals surface area contributed by atoms with Gasteiger partial charge in [0.05, 0.1) is 12.1 Å². The van der Waals surface area contributed by atoms with Crippen LogP contribution in [0.4, 0.5) is 5.82 Å². The van der Waals surface area contributed by atoms with Crippen molar-refractivity contribution in [3.8, 4) is 0 Å². The first kappa shape index (κ1) is 11.8. The summed E-state index contributed by atoms with van der Waals surface area (Å²) in [6.07, 6.45) is 4.26. The molecule has 17 heavy (non-hydrogen) atoms. The molecule has 2 heterocycles. The van der Waals surface area contributed by atoms with Gasteiger partial charge < -0.3 is 15.4 Å². The van der Waals surface area contributed by atoms with Crippen LogP contribution in [0.15, 0.2) is 12.4 Å². The van der Waals surface area contributed by atoms with Crippen molar-refractivity contribution in [3.05, 3.63) is 18.1 Å². The number of anilines is 1. The summed E-state index contributed by atoms with van der Waals surface area (Å²) < 4.78 is 5.53. The highest BCUT2D eigenvalue weighted by atomic mass is 16.5. The van der Waals surface area contributed by atoms with E-state index in [9.17, 15) is 0 Å². The number of nitrogens with two attached hydrogens (primary N) is 1. The monoisotopic (exact) mass is 235 g/mol. The molecule has 1 fully saturated rings. The van der Waals surface area contributed by atoms with Gasteiger partial charge in [0.1, 0.15) is 11.5 Å². The lowest BCUT2D eigenvalue weighted by molar-refractivity contribution is 0.118. The van der Waals surface area contributed by atoms with Gasteiger partial charge in [0.25, 0.3) is 0 Å². The number of likely N-dealkylation sites (N-methyl/N-ethyl adjacent to an activating group) is 1. The quantitative estimate of drug-likeness (QED) is 0.584. The van der Waals surface area contributed by atoms with Crippen LogP contribution in [0.2, 0.25) is 0 Å². The molecule has 2 rings (SSSR count). The molecule has 0 bridgehead atoms. The third-order valence-electron chi connectivity index (χ3n) is 3.10. The summed E-state index contributed by atoms with van der Waals surface area (Å²) in [6, 6.07) is 0.254. The average molecular weight is 235 g/mol. The van der Waals surface area contributed by atoms with Crippen molar-refractivity contribution in [2.45, 2.75) is 25.5 Å². The molecule has 0 amide bonds. The molecular weight excluding hydrogens is 218 g/mol. The van der Waals surface area contributed by atoms with Crippen LogP contribution in [0.3, 0.4) is 0 Å².